The molecular formula is Cu2O5S. The Morgan fingerprint density at radius 3 is 1.00 bits per heavy atom. The van der Waals surface area contributed by atoms with Crippen LogP contribution in [-0.2, 0) is 50.0 Å². The van der Waals surface area contributed by atoms with Gasteiger partial charge in [-0.25, -0.2) is 0 Å². The van der Waals surface area contributed by atoms with Gasteiger partial charge in [0.05, 0.1) is 0 Å². The molecule has 0 bridgehead atoms. The average molecular weight is 239 g/mol. The zero-order chi connectivity index (χ0) is 4.50. The van der Waals surface area contributed by atoms with E-state index in [9.17, 15) is 0 Å². The molecule has 0 aromatic heterocycles. The van der Waals surface area contributed by atoms with Crippen LogP contribution in [0.1, 0.15) is 0 Å². The van der Waals surface area contributed by atoms with E-state index in [0.29, 0.717) is 0 Å². The summed E-state index contributed by atoms with van der Waals surface area (Å²) in [5.41, 5.74) is 0. The molecule has 0 atom stereocenters. The minimum atomic E-state index is -5.17. The fourth-order valence-corrected chi connectivity index (χ4v) is 0. The molecule has 0 saturated carbocycles. The fraction of sp³-hybridized carbons (Fsp3) is 0. The Bertz CT molecular complexity index is 93.6. The second-order valence-corrected chi connectivity index (χ2v) is 1.22. The third-order valence-electron chi connectivity index (χ3n) is 0. The summed E-state index contributed by atoms with van der Waals surface area (Å²) in [6.07, 6.45) is 0. The van der Waals surface area contributed by atoms with E-state index in [1.807, 2.05) is 0 Å². The monoisotopic (exact) mass is 238 g/mol. The first kappa shape index (κ1) is 23.2. The molecule has 0 aliphatic carbocycles. The van der Waals surface area contributed by atoms with Gasteiger partial charge in [0.25, 0.3) is 0 Å². The molecule has 8 heavy (non-hydrogen) atoms. The van der Waals surface area contributed by atoms with Crippen molar-refractivity contribution in [1.29, 1.82) is 0 Å². The molecule has 0 spiro atoms. The van der Waals surface area contributed by atoms with E-state index in [-0.39, 0.29) is 39.6 Å². The summed E-state index contributed by atoms with van der Waals surface area (Å²) in [6.45, 7) is 0. The van der Waals surface area contributed by atoms with Crippen LogP contribution in [-0.4, -0.2) is 17.5 Å². The average Bonchev–Trinajstić information content (AvgIpc) is 0.722. The summed E-state index contributed by atoms with van der Waals surface area (Å²) < 4.78 is 34.1. The summed E-state index contributed by atoms with van der Waals surface area (Å²) in [4.78, 5) is 0. The first-order valence-electron chi connectivity index (χ1n) is 0.667. The van der Waals surface area contributed by atoms with Crippen LogP contribution in [0.4, 0.5) is 0 Å². The van der Waals surface area contributed by atoms with Crippen LogP contribution in [0, 0.1) is 0 Å². The van der Waals surface area contributed by atoms with E-state index in [1.165, 1.54) is 0 Å². The van der Waals surface area contributed by atoms with Crippen LogP contribution >= 0.6 is 0 Å². The van der Waals surface area contributed by atoms with Crippen molar-refractivity contribution in [3.8, 4) is 0 Å². The van der Waals surface area contributed by atoms with E-state index in [2.05, 4.69) is 0 Å². The van der Waals surface area contributed by atoms with Crippen molar-refractivity contribution in [2.24, 2.45) is 0 Å². The normalized spacial score (nSPS) is 7.25. The van der Waals surface area contributed by atoms with E-state index in [1.54, 1.807) is 0 Å². The molecule has 0 heterocycles. The van der Waals surface area contributed by atoms with Crippen LogP contribution < -0.4 is 0 Å². The predicted molar refractivity (Wildman–Crippen MR) is 11.2 cm³/mol. The second-order valence-electron chi connectivity index (χ2n) is 0.408. The van der Waals surface area contributed by atoms with Crippen LogP contribution in [0.5, 0.6) is 0 Å². The van der Waals surface area contributed by atoms with Crippen LogP contribution in [0.15, 0.2) is 0 Å². The van der Waals surface area contributed by atoms with Crippen molar-refractivity contribution in [2.75, 3.05) is 0 Å². The van der Waals surface area contributed by atoms with Crippen LogP contribution in [0.25, 0.3) is 0 Å². The summed E-state index contributed by atoms with van der Waals surface area (Å²) in [5.74, 6) is 0. The summed E-state index contributed by atoms with van der Waals surface area (Å²) >= 11 is 0. The number of rotatable bonds is 0. The molecule has 0 amide bonds. The standard InChI is InChI=1S/2Cu.H2O4S.O/c;;1-5(2,3)4;/h;;(H2,1,2,3,4);/q2*+2;;-2/p-2. The maximum atomic E-state index is 8.52. The van der Waals surface area contributed by atoms with Crippen molar-refractivity contribution in [1.82, 2.24) is 0 Å². The molecule has 2 radical (unpaired) electrons. The van der Waals surface area contributed by atoms with Crippen molar-refractivity contribution < 1.29 is 57.1 Å². The maximum absolute atomic E-state index is 8.52. The molecule has 0 N–H and O–H groups in total. The van der Waals surface area contributed by atoms with Crippen LogP contribution in [0.2, 0.25) is 0 Å². The van der Waals surface area contributed by atoms with Gasteiger partial charge in [0.1, 0.15) is 0 Å². The molecule has 0 saturated heterocycles. The van der Waals surface area contributed by atoms with Gasteiger partial charge in [-0.1, -0.05) is 0 Å². The zero-order valence-electron chi connectivity index (χ0n) is 3.05. The topological polar surface area (TPSA) is 109 Å². The van der Waals surface area contributed by atoms with Crippen LogP contribution in [0.3, 0.4) is 0 Å². The Balaban J connectivity index is -0.0000000267. The first-order valence-corrected chi connectivity index (χ1v) is 2.00. The quantitative estimate of drug-likeness (QED) is 0.292. The Labute approximate surface area is 67.7 Å². The number of hydrogen-bond donors (Lipinski definition) is 0. The van der Waals surface area contributed by atoms with Gasteiger partial charge in [0.15, 0.2) is 0 Å². The molecule has 0 aliphatic heterocycles. The molecule has 0 fully saturated rings. The van der Waals surface area contributed by atoms with Crippen molar-refractivity contribution in [2.45, 2.75) is 0 Å². The maximum Gasteiger partial charge on any atom is 2.00 e. The fourth-order valence-electron chi connectivity index (χ4n) is 0. The molecular weight excluding hydrogens is 239 g/mol. The molecule has 0 rings (SSSR count). The Hall–Kier alpha value is 0.869. The van der Waals surface area contributed by atoms with Gasteiger partial charge < -0.3 is 14.6 Å². The van der Waals surface area contributed by atoms with E-state index < -0.39 is 10.4 Å². The summed E-state index contributed by atoms with van der Waals surface area (Å²) in [6, 6.07) is 0. The van der Waals surface area contributed by atoms with Crippen molar-refractivity contribution in [3.05, 3.63) is 0 Å². The van der Waals surface area contributed by atoms with Gasteiger partial charge in [-0.15, -0.1) is 0 Å². The minimum Gasteiger partial charge on any atom is -2.00 e. The molecule has 0 aromatic carbocycles. The largest absolute Gasteiger partial charge is 2.00 e. The smallest absolute Gasteiger partial charge is 2.00 e. The Morgan fingerprint density at radius 2 is 1.00 bits per heavy atom. The molecule has 0 aromatic rings. The molecule has 58 valence electrons. The zero-order valence-corrected chi connectivity index (χ0v) is 5.75. The SMILES string of the molecule is O=S(=O)([O-])[O-].[Cu+2].[Cu+2].[O-2]. The molecule has 0 unspecified atom stereocenters. The Morgan fingerprint density at radius 1 is 1.00 bits per heavy atom. The third-order valence-corrected chi connectivity index (χ3v) is 0. The van der Waals surface area contributed by atoms with E-state index in [4.69, 9.17) is 17.5 Å². The van der Waals surface area contributed by atoms with Gasteiger partial charge in [0.2, 0.25) is 0 Å². The minimum absolute atomic E-state index is 0. The molecule has 5 nitrogen and oxygen atoms in total. The number of hydrogen-bond acceptors (Lipinski definition) is 4. The first-order chi connectivity index (χ1) is 2.00. The van der Waals surface area contributed by atoms with Crippen molar-refractivity contribution >= 4 is 10.4 Å². The van der Waals surface area contributed by atoms with Gasteiger partial charge in [-0.05, 0) is 0 Å². The van der Waals surface area contributed by atoms with Gasteiger partial charge in [-0.2, -0.15) is 0 Å². The van der Waals surface area contributed by atoms with Gasteiger partial charge in [0, 0.05) is 10.4 Å². The second kappa shape index (κ2) is 7.87. The summed E-state index contributed by atoms with van der Waals surface area (Å²) in [7, 11) is -5.17. The molecule has 8 heteroatoms. The predicted octanol–water partition coefficient (Wildman–Crippen LogP) is -1.46. The third kappa shape index (κ3) is 313. The Kier molecular flexibility index (Phi) is 22.8. The summed E-state index contributed by atoms with van der Waals surface area (Å²) in [5, 5.41) is 0. The van der Waals surface area contributed by atoms with E-state index in [0.717, 1.165) is 0 Å². The van der Waals surface area contributed by atoms with Crippen molar-refractivity contribution in [3.63, 3.8) is 0 Å². The van der Waals surface area contributed by atoms with Gasteiger partial charge >= 0.3 is 34.1 Å². The molecule has 0 aliphatic rings. The van der Waals surface area contributed by atoms with E-state index >= 15 is 0 Å². The van der Waals surface area contributed by atoms with Gasteiger partial charge in [-0.3, -0.25) is 8.42 Å².